The first-order valence-electron chi connectivity index (χ1n) is 8.60. The predicted octanol–water partition coefficient (Wildman–Crippen LogP) is 4.85. The molecule has 28 heavy (non-hydrogen) atoms. The molecule has 0 aliphatic heterocycles. The van der Waals surface area contributed by atoms with Crippen molar-refractivity contribution in [2.24, 2.45) is 0 Å². The van der Waals surface area contributed by atoms with Crippen molar-refractivity contribution in [3.63, 3.8) is 0 Å². The van der Waals surface area contributed by atoms with Crippen LogP contribution >= 0.6 is 23.4 Å². The van der Waals surface area contributed by atoms with Gasteiger partial charge in [0.2, 0.25) is 5.91 Å². The maximum absolute atomic E-state index is 12.1. The molecule has 1 heterocycles. The second-order valence-electron chi connectivity index (χ2n) is 6.21. The third-order valence-corrected chi connectivity index (χ3v) is 5.11. The Hall–Kier alpha value is -2.57. The number of thioether (sulfide) groups is 1. The van der Waals surface area contributed by atoms with E-state index in [2.05, 4.69) is 10.3 Å². The summed E-state index contributed by atoms with van der Waals surface area (Å²) in [7, 11) is 0. The van der Waals surface area contributed by atoms with Crippen molar-refractivity contribution in [1.82, 2.24) is 4.98 Å². The van der Waals surface area contributed by atoms with Gasteiger partial charge in [0.05, 0.1) is 11.9 Å². The van der Waals surface area contributed by atoms with Gasteiger partial charge in [0.1, 0.15) is 11.8 Å². The maximum Gasteiger partial charge on any atom is 0.310 e. The number of benzene rings is 2. The Morgan fingerprint density at radius 3 is 2.57 bits per heavy atom. The lowest BCUT2D eigenvalue weighted by Gasteiger charge is -2.09. The van der Waals surface area contributed by atoms with Gasteiger partial charge in [-0.1, -0.05) is 29.8 Å². The minimum absolute atomic E-state index is 0.0643. The molecule has 0 aliphatic rings. The monoisotopic (exact) mass is 414 g/mol. The lowest BCUT2D eigenvalue weighted by atomic mass is 10.1. The number of anilines is 1. The normalized spacial score (nSPS) is 10.7. The van der Waals surface area contributed by atoms with Crippen LogP contribution in [-0.4, -0.2) is 23.1 Å². The van der Waals surface area contributed by atoms with Crippen molar-refractivity contribution in [3.05, 3.63) is 64.8 Å². The highest BCUT2D eigenvalue weighted by molar-refractivity contribution is 7.98. The number of hydrogen-bond acceptors (Lipinski definition) is 5. The van der Waals surface area contributed by atoms with Crippen LogP contribution in [-0.2, 0) is 27.4 Å². The third-order valence-electron chi connectivity index (χ3n) is 4.06. The molecule has 1 N–H and O–H groups in total. The molecule has 3 rings (SSSR count). The minimum atomic E-state index is -0.360. The molecular weight excluding hydrogens is 396 g/mol. The molecule has 2 aromatic carbocycles. The molecule has 0 fully saturated rings. The lowest BCUT2D eigenvalue weighted by Crippen LogP contribution is -2.09. The molecule has 0 radical (unpaired) electrons. The number of hydrogen-bond donors (Lipinski definition) is 1. The fourth-order valence-electron chi connectivity index (χ4n) is 2.68. The molecule has 0 aliphatic carbocycles. The van der Waals surface area contributed by atoms with Gasteiger partial charge in [-0.25, -0.2) is 4.98 Å². The zero-order valence-corrected chi connectivity index (χ0v) is 17.1. The van der Waals surface area contributed by atoms with E-state index in [-0.39, 0.29) is 24.9 Å². The van der Waals surface area contributed by atoms with E-state index in [1.54, 1.807) is 36.0 Å². The topological polar surface area (TPSA) is 68.3 Å². The molecule has 7 heteroatoms. The summed E-state index contributed by atoms with van der Waals surface area (Å²) >= 11 is 7.90. The third kappa shape index (κ3) is 5.24. The predicted molar refractivity (Wildman–Crippen MR) is 113 cm³/mol. The standard InChI is InChI=1S/C21H19ClN2O3S/c1-13(25)23-17-6-3-14(4-7-17)9-20(26)27-12-16-10-15-5-8-18(28-2)11-19(15)24-21(16)22/h3-8,10-11H,9,12H2,1-2H3,(H,23,25). The fourth-order valence-corrected chi connectivity index (χ4v) is 3.31. The Morgan fingerprint density at radius 1 is 1.14 bits per heavy atom. The fraction of sp³-hybridized carbons (Fsp3) is 0.190. The van der Waals surface area contributed by atoms with Crippen LogP contribution in [0.15, 0.2) is 53.4 Å². The minimum Gasteiger partial charge on any atom is -0.460 e. The second-order valence-corrected chi connectivity index (χ2v) is 7.45. The van der Waals surface area contributed by atoms with E-state index >= 15 is 0 Å². The molecule has 5 nitrogen and oxygen atoms in total. The van der Waals surface area contributed by atoms with Gasteiger partial charge in [-0.3, -0.25) is 9.59 Å². The average Bonchev–Trinajstić information content (AvgIpc) is 2.67. The molecule has 0 spiro atoms. The molecule has 3 aromatic rings. The van der Waals surface area contributed by atoms with Crippen LogP contribution in [0.3, 0.4) is 0 Å². The number of ether oxygens (including phenoxy) is 1. The Balaban J connectivity index is 1.62. The SMILES string of the molecule is CSc1ccc2cc(COC(=O)Cc3ccc(NC(C)=O)cc3)c(Cl)nc2c1. The molecule has 0 bridgehead atoms. The largest absolute Gasteiger partial charge is 0.460 e. The molecule has 1 amide bonds. The summed E-state index contributed by atoms with van der Waals surface area (Å²) in [6.45, 7) is 1.51. The smallest absolute Gasteiger partial charge is 0.310 e. The first-order valence-corrected chi connectivity index (χ1v) is 10.2. The van der Waals surface area contributed by atoms with Crippen LogP contribution in [0.4, 0.5) is 5.69 Å². The number of pyridine rings is 1. The lowest BCUT2D eigenvalue weighted by molar-refractivity contribution is -0.144. The van der Waals surface area contributed by atoms with Crippen molar-refractivity contribution >= 4 is 51.8 Å². The summed E-state index contributed by atoms with van der Waals surface area (Å²) in [6, 6.07) is 14.9. The van der Waals surface area contributed by atoms with Crippen LogP contribution in [0.5, 0.6) is 0 Å². The highest BCUT2D eigenvalue weighted by Crippen LogP contribution is 2.25. The molecular formula is C21H19ClN2O3S. The first-order chi connectivity index (χ1) is 13.4. The number of amides is 1. The van der Waals surface area contributed by atoms with Crippen molar-refractivity contribution < 1.29 is 14.3 Å². The number of halogens is 1. The van der Waals surface area contributed by atoms with Crippen molar-refractivity contribution in [1.29, 1.82) is 0 Å². The van der Waals surface area contributed by atoms with Crippen molar-refractivity contribution in [3.8, 4) is 0 Å². The highest BCUT2D eigenvalue weighted by atomic mass is 35.5. The molecule has 1 aromatic heterocycles. The maximum atomic E-state index is 12.1. The van der Waals surface area contributed by atoms with Gasteiger partial charge in [-0.05, 0) is 42.2 Å². The molecule has 0 atom stereocenters. The van der Waals surface area contributed by atoms with Crippen LogP contribution in [0.1, 0.15) is 18.1 Å². The van der Waals surface area contributed by atoms with E-state index in [1.807, 2.05) is 30.5 Å². The molecule has 144 valence electrons. The number of fused-ring (bicyclic) bond motifs is 1. The van der Waals surface area contributed by atoms with E-state index in [0.717, 1.165) is 21.4 Å². The Morgan fingerprint density at radius 2 is 1.89 bits per heavy atom. The van der Waals surface area contributed by atoms with Gasteiger partial charge in [0.25, 0.3) is 0 Å². The molecule has 0 unspecified atom stereocenters. The molecule has 0 saturated carbocycles. The van der Waals surface area contributed by atoms with Crippen LogP contribution in [0.25, 0.3) is 10.9 Å². The number of carbonyl (C=O) groups is 2. The van der Waals surface area contributed by atoms with Crippen LogP contribution in [0.2, 0.25) is 5.15 Å². The second kappa shape index (κ2) is 9.08. The van der Waals surface area contributed by atoms with E-state index in [4.69, 9.17) is 16.3 Å². The molecule has 0 saturated heterocycles. The Kier molecular flexibility index (Phi) is 6.54. The van der Waals surface area contributed by atoms with E-state index < -0.39 is 0 Å². The zero-order valence-electron chi connectivity index (χ0n) is 15.5. The van der Waals surface area contributed by atoms with Gasteiger partial charge < -0.3 is 10.1 Å². The highest BCUT2D eigenvalue weighted by Gasteiger charge is 2.10. The summed E-state index contributed by atoms with van der Waals surface area (Å²) in [4.78, 5) is 28.7. The van der Waals surface area contributed by atoms with Gasteiger partial charge in [-0.2, -0.15) is 0 Å². The first kappa shape index (κ1) is 20.2. The van der Waals surface area contributed by atoms with E-state index in [1.165, 1.54) is 6.92 Å². The zero-order chi connectivity index (χ0) is 20.1. The van der Waals surface area contributed by atoms with Crippen molar-refractivity contribution in [2.45, 2.75) is 24.8 Å². The summed E-state index contributed by atoms with van der Waals surface area (Å²) in [5.74, 6) is -0.501. The van der Waals surface area contributed by atoms with Gasteiger partial charge in [0, 0.05) is 28.5 Å². The van der Waals surface area contributed by atoms with Gasteiger partial charge >= 0.3 is 5.97 Å². The van der Waals surface area contributed by atoms with E-state index in [0.29, 0.717) is 16.4 Å². The quantitative estimate of drug-likeness (QED) is 0.354. The van der Waals surface area contributed by atoms with Crippen LogP contribution < -0.4 is 5.32 Å². The number of aromatic nitrogens is 1. The summed E-state index contributed by atoms with van der Waals surface area (Å²) in [6.07, 6.45) is 2.14. The Labute approximate surface area is 172 Å². The van der Waals surface area contributed by atoms with E-state index in [9.17, 15) is 9.59 Å². The van der Waals surface area contributed by atoms with Crippen molar-refractivity contribution in [2.75, 3.05) is 11.6 Å². The Bertz CT molecular complexity index is 1020. The summed E-state index contributed by atoms with van der Waals surface area (Å²) in [5.41, 5.74) is 2.96. The number of nitrogens with zero attached hydrogens (tertiary/aromatic N) is 1. The number of nitrogens with one attached hydrogen (secondary N) is 1. The number of esters is 1. The number of rotatable bonds is 6. The summed E-state index contributed by atoms with van der Waals surface area (Å²) < 4.78 is 5.36. The van der Waals surface area contributed by atoms with Crippen LogP contribution in [0, 0.1) is 0 Å². The average molecular weight is 415 g/mol. The van der Waals surface area contributed by atoms with Gasteiger partial charge in [0.15, 0.2) is 0 Å². The number of carbonyl (C=O) groups excluding carboxylic acids is 2. The summed E-state index contributed by atoms with van der Waals surface area (Å²) in [5, 5.41) is 3.96. The van der Waals surface area contributed by atoms with Gasteiger partial charge in [-0.15, -0.1) is 11.8 Å².